The third-order valence-electron chi connectivity index (χ3n) is 4.63. The summed E-state index contributed by atoms with van der Waals surface area (Å²) in [6.07, 6.45) is 6.90. The molecule has 0 spiro atoms. The van der Waals surface area contributed by atoms with Crippen LogP contribution < -0.4 is 0 Å². The smallest absolute Gasteiger partial charge is 0.306 e. The Hall–Kier alpha value is -0.840. The molecule has 1 heterocycles. The van der Waals surface area contributed by atoms with Crippen molar-refractivity contribution in [1.29, 1.82) is 0 Å². The predicted octanol–water partition coefficient (Wildman–Crippen LogP) is 4.05. The number of halogens is 1. The normalized spacial score (nSPS) is 23.0. The number of nitrogens with zero attached hydrogens (tertiary/aromatic N) is 2. The van der Waals surface area contributed by atoms with Crippen LogP contribution in [-0.4, -0.2) is 20.9 Å². The summed E-state index contributed by atoms with van der Waals surface area (Å²) >= 11 is 3.68. The molecule has 0 amide bonds. The Balaban J connectivity index is 2.25. The van der Waals surface area contributed by atoms with E-state index in [1.807, 2.05) is 4.68 Å². The highest BCUT2D eigenvalue weighted by atomic mass is 79.9. The van der Waals surface area contributed by atoms with Gasteiger partial charge in [0.2, 0.25) is 0 Å². The van der Waals surface area contributed by atoms with E-state index < -0.39 is 5.97 Å². The lowest BCUT2D eigenvalue weighted by atomic mass is 9.84. The third-order valence-corrected chi connectivity index (χ3v) is 5.54. The van der Waals surface area contributed by atoms with E-state index in [1.54, 1.807) is 0 Å². The fraction of sp³-hybridized carbons (Fsp3) is 0.750. The van der Waals surface area contributed by atoms with Crippen molar-refractivity contribution in [2.24, 2.45) is 11.8 Å². The van der Waals surface area contributed by atoms with Gasteiger partial charge in [-0.3, -0.25) is 9.48 Å². The average molecular weight is 357 g/mol. The van der Waals surface area contributed by atoms with E-state index in [9.17, 15) is 9.90 Å². The summed E-state index contributed by atoms with van der Waals surface area (Å²) in [6, 6.07) is 0. The lowest BCUT2D eigenvalue weighted by Crippen LogP contribution is -2.25. The fourth-order valence-electron chi connectivity index (χ4n) is 3.41. The summed E-state index contributed by atoms with van der Waals surface area (Å²) in [5.41, 5.74) is 2.25. The highest BCUT2D eigenvalue weighted by molar-refractivity contribution is 9.10. The van der Waals surface area contributed by atoms with E-state index in [0.29, 0.717) is 0 Å². The van der Waals surface area contributed by atoms with Crippen molar-refractivity contribution >= 4 is 21.9 Å². The largest absolute Gasteiger partial charge is 0.481 e. The number of aliphatic carboxylic acids is 1. The Morgan fingerprint density at radius 3 is 2.67 bits per heavy atom. The maximum absolute atomic E-state index is 11.6. The third kappa shape index (κ3) is 3.68. The Kier molecular flexibility index (Phi) is 5.85. The first-order chi connectivity index (χ1) is 10.1. The van der Waals surface area contributed by atoms with Crippen LogP contribution in [0.4, 0.5) is 0 Å². The molecule has 2 rings (SSSR count). The van der Waals surface area contributed by atoms with Crippen molar-refractivity contribution in [1.82, 2.24) is 9.78 Å². The first-order valence-electron chi connectivity index (χ1n) is 8.05. The SMILES string of the molecule is CCc1nn(CC)c(CC2CCCCCC2C(=O)O)c1Br. The van der Waals surface area contributed by atoms with Crippen molar-refractivity contribution in [3.8, 4) is 0 Å². The predicted molar refractivity (Wildman–Crippen MR) is 86.4 cm³/mol. The van der Waals surface area contributed by atoms with Gasteiger partial charge >= 0.3 is 5.97 Å². The number of hydrogen-bond donors (Lipinski definition) is 1. The zero-order valence-corrected chi connectivity index (χ0v) is 14.5. The maximum Gasteiger partial charge on any atom is 0.306 e. The zero-order valence-electron chi connectivity index (χ0n) is 12.9. The summed E-state index contributed by atoms with van der Waals surface area (Å²) in [6.45, 7) is 5.02. The van der Waals surface area contributed by atoms with Crippen molar-refractivity contribution in [3.05, 3.63) is 15.9 Å². The van der Waals surface area contributed by atoms with Gasteiger partial charge in [-0.25, -0.2) is 0 Å². The molecule has 0 aliphatic heterocycles. The van der Waals surface area contributed by atoms with E-state index >= 15 is 0 Å². The Morgan fingerprint density at radius 1 is 1.33 bits per heavy atom. The average Bonchev–Trinajstić information content (AvgIpc) is 2.65. The second-order valence-electron chi connectivity index (χ2n) is 5.92. The molecular weight excluding hydrogens is 332 g/mol. The minimum atomic E-state index is -0.628. The van der Waals surface area contributed by atoms with Crippen LogP contribution in [0.25, 0.3) is 0 Å². The molecule has 1 aromatic rings. The van der Waals surface area contributed by atoms with Crippen LogP contribution in [-0.2, 0) is 24.2 Å². The van der Waals surface area contributed by atoms with E-state index in [2.05, 4.69) is 34.9 Å². The summed E-state index contributed by atoms with van der Waals surface area (Å²) < 4.78 is 3.12. The highest BCUT2D eigenvalue weighted by Crippen LogP contribution is 2.34. The lowest BCUT2D eigenvalue weighted by molar-refractivity contribution is -0.143. The molecule has 1 aliphatic carbocycles. The minimum absolute atomic E-state index is 0.204. The van der Waals surface area contributed by atoms with Crippen molar-refractivity contribution in [2.75, 3.05) is 0 Å². The molecule has 2 atom stereocenters. The van der Waals surface area contributed by atoms with Crippen LogP contribution in [0.5, 0.6) is 0 Å². The van der Waals surface area contributed by atoms with E-state index in [-0.39, 0.29) is 11.8 Å². The van der Waals surface area contributed by atoms with Gasteiger partial charge in [0, 0.05) is 6.54 Å². The van der Waals surface area contributed by atoms with Crippen molar-refractivity contribution in [2.45, 2.75) is 65.3 Å². The van der Waals surface area contributed by atoms with Crippen LogP contribution >= 0.6 is 15.9 Å². The van der Waals surface area contributed by atoms with Crippen LogP contribution in [0.1, 0.15) is 57.3 Å². The highest BCUT2D eigenvalue weighted by Gasteiger charge is 2.31. The molecule has 4 nitrogen and oxygen atoms in total. The van der Waals surface area contributed by atoms with E-state index in [1.165, 1.54) is 5.69 Å². The standard InChI is InChI=1S/C16H25BrN2O2/c1-3-13-15(17)14(19(4-2)18-13)10-11-8-6-5-7-9-12(11)16(20)21/h11-12H,3-10H2,1-2H3,(H,20,21). The van der Waals surface area contributed by atoms with Gasteiger partial charge in [0.1, 0.15) is 0 Å². The van der Waals surface area contributed by atoms with E-state index in [0.717, 1.165) is 61.7 Å². The number of aryl methyl sites for hydroxylation is 2. The molecule has 1 N–H and O–H groups in total. The molecule has 21 heavy (non-hydrogen) atoms. The number of hydrogen-bond acceptors (Lipinski definition) is 2. The molecule has 0 bridgehead atoms. The van der Waals surface area contributed by atoms with Gasteiger partial charge in [0.15, 0.2) is 0 Å². The number of carboxylic acids is 1. The lowest BCUT2D eigenvalue weighted by Gasteiger charge is -2.22. The minimum Gasteiger partial charge on any atom is -0.481 e. The molecule has 0 saturated heterocycles. The molecule has 1 aromatic heterocycles. The van der Waals surface area contributed by atoms with Gasteiger partial charge in [0.05, 0.1) is 21.8 Å². The second-order valence-corrected chi connectivity index (χ2v) is 6.72. The van der Waals surface area contributed by atoms with Gasteiger partial charge in [-0.1, -0.05) is 26.2 Å². The van der Waals surface area contributed by atoms with Crippen LogP contribution in [0, 0.1) is 11.8 Å². The molecule has 1 aliphatic rings. The first-order valence-corrected chi connectivity index (χ1v) is 8.84. The van der Waals surface area contributed by atoms with Gasteiger partial charge in [-0.05, 0) is 54.5 Å². The molecule has 2 unspecified atom stereocenters. The van der Waals surface area contributed by atoms with Crippen LogP contribution in [0.2, 0.25) is 0 Å². The summed E-state index contributed by atoms with van der Waals surface area (Å²) in [7, 11) is 0. The van der Waals surface area contributed by atoms with Gasteiger partial charge in [-0.15, -0.1) is 0 Å². The molecule has 0 aromatic carbocycles. The molecule has 1 saturated carbocycles. The summed E-state index contributed by atoms with van der Waals surface area (Å²) in [5.74, 6) is -0.603. The van der Waals surface area contributed by atoms with Gasteiger partial charge in [0.25, 0.3) is 0 Å². The summed E-state index contributed by atoms with van der Waals surface area (Å²) in [5, 5.41) is 14.2. The second kappa shape index (κ2) is 7.43. The van der Waals surface area contributed by atoms with Crippen molar-refractivity contribution < 1.29 is 9.90 Å². The molecule has 5 heteroatoms. The van der Waals surface area contributed by atoms with Crippen molar-refractivity contribution in [3.63, 3.8) is 0 Å². The van der Waals surface area contributed by atoms with E-state index in [4.69, 9.17) is 0 Å². The molecular formula is C16H25BrN2O2. The fourth-order valence-corrected chi connectivity index (χ4v) is 4.14. The first kappa shape index (κ1) is 16.5. The number of carbonyl (C=O) groups is 1. The van der Waals surface area contributed by atoms with Gasteiger partial charge in [-0.2, -0.15) is 5.10 Å². The number of carboxylic acid groups (broad SMARTS) is 1. The maximum atomic E-state index is 11.6. The Morgan fingerprint density at radius 2 is 2.05 bits per heavy atom. The number of rotatable bonds is 5. The molecule has 1 fully saturated rings. The summed E-state index contributed by atoms with van der Waals surface area (Å²) in [4.78, 5) is 11.6. The Bertz CT molecular complexity index is 499. The van der Waals surface area contributed by atoms with Crippen LogP contribution in [0.15, 0.2) is 4.47 Å². The topological polar surface area (TPSA) is 55.1 Å². The van der Waals surface area contributed by atoms with Gasteiger partial charge < -0.3 is 5.11 Å². The molecule has 118 valence electrons. The number of aromatic nitrogens is 2. The monoisotopic (exact) mass is 356 g/mol. The molecule has 0 radical (unpaired) electrons. The van der Waals surface area contributed by atoms with Crippen LogP contribution in [0.3, 0.4) is 0 Å². The quantitative estimate of drug-likeness (QED) is 0.809. The zero-order chi connectivity index (χ0) is 15.4. The Labute approximate surface area is 135 Å².